The van der Waals surface area contributed by atoms with Crippen LogP contribution in [0.1, 0.15) is 0 Å². The van der Waals surface area contributed by atoms with Gasteiger partial charge in [0.15, 0.2) is 0 Å². The molecule has 0 saturated carbocycles. The fraction of sp³-hybridized carbons (Fsp3) is 0. The van der Waals surface area contributed by atoms with E-state index >= 15 is 0 Å². The largest absolute Gasteiger partial charge is 0.574 e. The molecule has 1 radical (unpaired) electrons. The molecular weight excluding hydrogens is 823 g/mol. The van der Waals surface area contributed by atoms with E-state index in [-0.39, 0.29) is 43.4 Å². The van der Waals surface area contributed by atoms with Gasteiger partial charge in [-0.3, -0.25) is 22.9 Å². The molecule has 0 aliphatic rings. The molecule has 7 nitrogen and oxygen atoms in total. The molecule has 0 atom stereocenters. The van der Waals surface area contributed by atoms with E-state index in [9.17, 15) is 17.6 Å². The molecule has 4 heterocycles. The van der Waals surface area contributed by atoms with Crippen molar-refractivity contribution in [3.05, 3.63) is 194 Å². The minimum atomic E-state index is -0.331. The molecule has 4 aromatic heterocycles. The van der Waals surface area contributed by atoms with Gasteiger partial charge >= 0.3 is 0 Å². The van der Waals surface area contributed by atoms with Crippen molar-refractivity contribution < 1.29 is 46.8 Å². The second-order valence-electron chi connectivity index (χ2n) is 10.1. The van der Waals surface area contributed by atoms with Crippen molar-refractivity contribution in [1.29, 1.82) is 0 Å². The average molecular weight is 847 g/mol. The van der Waals surface area contributed by atoms with Crippen LogP contribution in [-0.2, 0) is 20.1 Å². The Morgan fingerprint density at radius 1 is 0.560 bits per heavy atom. The summed E-state index contributed by atoms with van der Waals surface area (Å²) < 4.78 is 58.1. The van der Waals surface area contributed by atoms with E-state index in [4.69, 9.17) is 0 Å². The molecule has 0 aliphatic heterocycles. The second-order valence-corrected chi connectivity index (χ2v) is 10.1. The zero-order valence-corrected chi connectivity index (χ0v) is 28.2. The van der Waals surface area contributed by atoms with Gasteiger partial charge in [-0.25, -0.2) is 8.78 Å². The summed E-state index contributed by atoms with van der Waals surface area (Å²) in [4.78, 5) is 4.12. The maximum Gasteiger partial charge on any atom is 0.267 e. The molecule has 0 bridgehead atoms. The van der Waals surface area contributed by atoms with Crippen LogP contribution < -0.4 is 14.2 Å². The van der Waals surface area contributed by atoms with Crippen LogP contribution in [0.4, 0.5) is 17.6 Å². The summed E-state index contributed by atoms with van der Waals surface area (Å²) >= 11 is 0. The molecular formula is C38H24F4IrN7-3. The molecule has 8 rings (SSSR count). The van der Waals surface area contributed by atoms with Gasteiger partial charge in [-0.1, -0.05) is 17.8 Å². The van der Waals surface area contributed by atoms with E-state index in [0.717, 1.165) is 22.8 Å². The molecule has 0 unspecified atom stereocenters. The average Bonchev–Trinajstić information content (AvgIpc) is 3.94. The Morgan fingerprint density at radius 2 is 1.06 bits per heavy atom. The zero-order chi connectivity index (χ0) is 34.0. The van der Waals surface area contributed by atoms with Gasteiger partial charge in [-0.15, -0.1) is 24.3 Å². The predicted molar refractivity (Wildman–Crippen MR) is 171 cm³/mol. The number of hydrogen-bond donors (Lipinski definition) is 0. The summed E-state index contributed by atoms with van der Waals surface area (Å²) in [5, 5.41) is 7.58. The van der Waals surface area contributed by atoms with E-state index in [1.54, 1.807) is 91.8 Å². The number of benzene rings is 4. The third-order valence-corrected chi connectivity index (χ3v) is 6.80. The molecule has 50 heavy (non-hydrogen) atoms. The first-order chi connectivity index (χ1) is 23.9. The third-order valence-electron chi connectivity index (χ3n) is 6.80. The van der Waals surface area contributed by atoms with Crippen LogP contribution in [0, 0.1) is 48.1 Å². The van der Waals surface area contributed by atoms with Gasteiger partial charge in [-0.05, 0) is 72.0 Å². The Hall–Kier alpha value is -5.97. The van der Waals surface area contributed by atoms with Crippen LogP contribution in [0.3, 0.4) is 0 Å². The Balaban J connectivity index is 0.000000150. The van der Waals surface area contributed by atoms with Gasteiger partial charge in [0.1, 0.15) is 11.6 Å². The van der Waals surface area contributed by atoms with Crippen molar-refractivity contribution in [2.24, 2.45) is 0 Å². The summed E-state index contributed by atoms with van der Waals surface area (Å²) in [6, 6.07) is 33.8. The molecule has 0 fully saturated rings. The van der Waals surface area contributed by atoms with Crippen LogP contribution in [0.2, 0.25) is 0 Å². The van der Waals surface area contributed by atoms with Gasteiger partial charge in [0, 0.05) is 74.6 Å². The number of hydrogen-bond acceptors (Lipinski definition) is 2. The maximum absolute atomic E-state index is 12.8. The van der Waals surface area contributed by atoms with Gasteiger partial charge in [-0.2, -0.15) is 24.3 Å². The summed E-state index contributed by atoms with van der Waals surface area (Å²) in [6.45, 7) is 0. The Morgan fingerprint density at radius 3 is 1.46 bits per heavy atom. The van der Waals surface area contributed by atoms with E-state index in [1.165, 1.54) is 48.5 Å². The predicted octanol–water partition coefficient (Wildman–Crippen LogP) is 6.36. The summed E-state index contributed by atoms with van der Waals surface area (Å²) in [5.74, 6) is -1.23. The van der Waals surface area contributed by atoms with Crippen LogP contribution in [0.15, 0.2) is 146 Å². The topological polar surface area (TPSA) is 57.5 Å². The van der Waals surface area contributed by atoms with Crippen molar-refractivity contribution in [1.82, 2.24) is 24.3 Å². The van der Waals surface area contributed by atoms with Gasteiger partial charge in [0.25, 0.3) is 12.7 Å². The van der Waals surface area contributed by atoms with Crippen LogP contribution in [0.25, 0.3) is 34.1 Å². The first kappa shape index (κ1) is 35.3. The van der Waals surface area contributed by atoms with Crippen LogP contribution >= 0.6 is 0 Å². The number of nitrogens with zero attached hydrogens (tertiary/aromatic N) is 7. The smallest absolute Gasteiger partial charge is 0.267 e. The van der Waals surface area contributed by atoms with E-state index in [1.807, 2.05) is 24.3 Å². The van der Waals surface area contributed by atoms with Gasteiger partial charge < -0.3 is 19.3 Å². The molecule has 251 valence electrons. The fourth-order valence-corrected chi connectivity index (χ4v) is 4.37. The number of rotatable bonds is 5. The standard InChI is InChI=1S/2C15H9F2N2.C8H6N3.Ir/c2*16-12-1-5-14(6-2-12)18-9-10-19(11-18)15-7-3-13(17)4-8-15;1-2-5-9-7(3-1)8-4-6-10-11-8;/h2*1-7,9-10H;1-6H;/q3*-1;. The van der Waals surface area contributed by atoms with Gasteiger partial charge in [0.2, 0.25) is 0 Å². The normalized spacial score (nSPS) is 10.2. The maximum atomic E-state index is 12.8. The Labute approximate surface area is 298 Å². The number of imidazole rings is 2. The fourth-order valence-electron chi connectivity index (χ4n) is 4.37. The monoisotopic (exact) mass is 847 g/mol. The van der Waals surface area contributed by atoms with Crippen LogP contribution in [-0.4, -0.2) is 19.2 Å². The Kier molecular flexibility index (Phi) is 12.0. The molecule has 12 heteroatoms. The second kappa shape index (κ2) is 16.9. The summed E-state index contributed by atoms with van der Waals surface area (Å²) in [7, 11) is 0. The first-order valence-corrected chi connectivity index (χ1v) is 14.7. The number of aromatic nitrogens is 7. The molecule has 0 N–H and O–H groups in total. The van der Waals surface area contributed by atoms with Crippen molar-refractivity contribution in [2.45, 2.75) is 0 Å². The molecule has 0 spiro atoms. The molecule has 4 aromatic carbocycles. The number of halogens is 4. The van der Waals surface area contributed by atoms with Crippen LogP contribution in [0.5, 0.6) is 0 Å². The third kappa shape index (κ3) is 9.34. The number of pyridine rings is 1. The minimum Gasteiger partial charge on any atom is -0.574 e. The van der Waals surface area contributed by atoms with Crippen molar-refractivity contribution >= 4 is 0 Å². The first-order valence-electron chi connectivity index (χ1n) is 14.7. The Bertz CT molecular complexity index is 1940. The quantitative estimate of drug-likeness (QED) is 0.115. The van der Waals surface area contributed by atoms with E-state index < -0.39 is 0 Å². The van der Waals surface area contributed by atoms with E-state index in [2.05, 4.69) is 40.0 Å². The summed E-state index contributed by atoms with van der Waals surface area (Å²) in [5.41, 5.74) is 4.64. The SMILES string of the molecule is Fc1c[c-]c(-n2[c-][n+](-c3ccc(F)cc3)cc2)cc1.Fc1c[c-]c(-n2[c-][n+](-c3ccc(F)cc3)cc2)cc1.[Ir].c1ccc(-c2ccn[n-]2)nc1. The summed E-state index contributed by atoms with van der Waals surface area (Å²) in [6.07, 6.45) is 16.6. The van der Waals surface area contributed by atoms with Gasteiger partial charge in [0.05, 0.1) is 11.4 Å². The molecule has 0 saturated heterocycles. The van der Waals surface area contributed by atoms with Crippen molar-refractivity contribution in [2.75, 3.05) is 0 Å². The van der Waals surface area contributed by atoms with E-state index in [0.29, 0.717) is 11.4 Å². The molecule has 0 aliphatic carbocycles. The molecule has 0 amide bonds. The molecule has 8 aromatic rings. The van der Waals surface area contributed by atoms with Crippen molar-refractivity contribution in [3.63, 3.8) is 0 Å². The van der Waals surface area contributed by atoms with Crippen molar-refractivity contribution in [3.8, 4) is 34.1 Å². The zero-order valence-electron chi connectivity index (χ0n) is 25.8. The minimum absolute atomic E-state index is 0.